The molecule has 5 amide bonds. The van der Waals surface area contributed by atoms with E-state index in [0.717, 1.165) is 5.56 Å². The van der Waals surface area contributed by atoms with E-state index in [4.69, 9.17) is 0 Å². The Labute approximate surface area is 270 Å². The number of rotatable bonds is 10. The molecule has 5 rings (SSSR count). The Morgan fingerprint density at radius 2 is 1.51 bits per heavy atom. The predicted molar refractivity (Wildman–Crippen MR) is 175 cm³/mol. The van der Waals surface area contributed by atoms with Gasteiger partial charge >= 0.3 is 12.0 Å². The zero-order valence-electron chi connectivity index (χ0n) is 25.5. The van der Waals surface area contributed by atoms with Gasteiger partial charge in [0.2, 0.25) is 11.8 Å². The number of nitrogens with one attached hydrogen (secondary N) is 3. The van der Waals surface area contributed by atoms with E-state index in [2.05, 4.69) is 16.0 Å². The fourth-order valence-corrected chi connectivity index (χ4v) is 5.10. The van der Waals surface area contributed by atoms with Gasteiger partial charge in [-0.25, -0.2) is 9.18 Å². The summed E-state index contributed by atoms with van der Waals surface area (Å²) in [5.74, 6) is -2.91. The molecule has 1 aliphatic heterocycles. The summed E-state index contributed by atoms with van der Waals surface area (Å²) in [5, 5.41) is 17.5. The lowest BCUT2D eigenvalue weighted by Crippen LogP contribution is -2.40. The lowest BCUT2D eigenvalue weighted by molar-refractivity contribution is -0.137. The van der Waals surface area contributed by atoms with Crippen LogP contribution < -0.4 is 20.9 Å². The molecule has 0 saturated heterocycles. The van der Waals surface area contributed by atoms with Crippen molar-refractivity contribution in [2.24, 2.45) is 0 Å². The summed E-state index contributed by atoms with van der Waals surface area (Å²) in [5.41, 5.74) is 4.17. The van der Waals surface area contributed by atoms with Gasteiger partial charge in [-0.2, -0.15) is 0 Å². The van der Waals surface area contributed by atoms with Crippen LogP contribution >= 0.6 is 0 Å². The van der Waals surface area contributed by atoms with Gasteiger partial charge in [0, 0.05) is 23.6 Å². The maximum absolute atomic E-state index is 13.6. The van der Waals surface area contributed by atoms with E-state index in [1.54, 1.807) is 42.5 Å². The standard InChI is InChI=1S/C35H32FN5O6/c1-22-4-2-3-5-29(22)39-35(47)38-26-12-8-23(9-13-26)18-31(42)37-27-14-15-30-28(19-27)34(46)40(17-16-33(44)45)21-32(43)41(30)20-24-6-10-25(36)11-7-24/h2-15,19H,16-18,20-21H2,1H3,(H,37,42)(H,44,45)(H2,38,39,47). The lowest BCUT2D eigenvalue weighted by atomic mass is 10.1. The zero-order chi connectivity index (χ0) is 33.5. The highest BCUT2D eigenvalue weighted by atomic mass is 19.1. The third-order valence-corrected chi connectivity index (χ3v) is 7.54. The number of aliphatic carboxylic acids is 1. The van der Waals surface area contributed by atoms with E-state index < -0.39 is 29.6 Å². The van der Waals surface area contributed by atoms with Crippen molar-refractivity contribution in [3.8, 4) is 0 Å². The van der Waals surface area contributed by atoms with Crippen molar-refractivity contribution in [3.05, 3.63) is 119 Å². The molecule has 0 aromatic heterocycles. The van der Waals surface area contributed by atoms with Gasteiger partial charge in [-0.3, -0.25) is 19.2 Å². The Morgan fingerprint density at radius 1 is 0.830 bits per heavy atom. The van der Waals surface area contributed by atoms with Gasteiger partial charge in [0.25, 0.3) is 5.91 Å². The van der Waals surface area contributed by atoms with Crippen LogP contribution in [0.1, 0.15) is 33.5 Å². The third-order valence-electron chi connectivity index (χ3n) is 7.54. The Morgan fingerprint density at radius 3 is 2.21 bits per heavy atom. The number of anilines is 4. The number of para-hydroxylation sites is 1. The number of nitrogens with zero attached hydrogens (tertiary/aromatic N) is 2. The average Bonchev–Trinajstić information content (AvgIpc) is 3.13. The SMILES string of the molecule is Cc1ccccc1NC(=O)Nc1ccc(CC(=O)Nc2ccc3c(c2)C(=O)N(CCC(=O)O)CC(=O)N3Cc2ccc(F)cc2)cc1. The Balaban J connectivity index is 1.28. The first kappa shape index (κ1) is 32.4. The average molecular weight is 638 g/mol. The van der Waals surface area contributed by atoms with Gasteiger partial charge in [0.15, 0.2) is 0 Å². The molecule has 12 heteroatoms. The number of halogens is 1. The first-order chi connectivity index (χ1) is 22.5. The van der Waals surface area contributed by atoms with Gasteiger partial charge in [-0.05, 0) is 72.1 Å². The van der Waals surface area contributed by atoms with Crippen molar-refractivity contribution < 1.29 is 33.5 Å². The molecule has 4 aromatic rings. The molecule has 0 saturated carbocycles. The number of carboxylic acid groups (broad SMARTS) is 1. The van der Waals surface area contributed by atoms with Gasteiger partial charge in [-0.1, -0.05) is 42.5 Å². The second-order valence-electron chi connectivity index (χ2n) is 11.0. The molecule has 0 aliphatic carbocycles. The lowest BCUT2D eigenvalue weighted by Gasteiger charge is -2.23. The van der Waals surface area contributed by atoms with E-state index in [0.29, 0.717) is 28.2 Å². The smallest absolute Gasteiger partial charge is 0.323 e. The molecule has 47 heavy (non-hydrogen) atoms. The second kappa shape index (κ2) is 14.4. The molecule has 11 nitrogen and oxygen atoms in total. The molecule has 0 fully saturated rings. The number of urea groups is 1. The van der Waals surface area contributed by atoms with Crippen LogP contribution in [0.2, 0.25) is 0 Å². The molecule has 1 aliphatic rings. The van der Waals surface area contributed by atoms with Crippen molar-refractivity contribution in [1.82, 2.24) is 4.90 Å². The van der Waals surface area contributed by atoms with Crippen LogP contribution in [0.5, 0.6) is 0 Å². The molecule has 0 bridgehead atoms. The Kier molecular flexibility index (Phi) is 9.90. The van der Waals surface area contributed by atoms with Crippen LogP contribution in [0.25, 0.3) is 0 Å². The highest BCUT2D eigenvalue weighted by Crippen LogP contribution is 2.30. The molecule has 0 unspecified atom stereocenters. The van der Waals surface area contributed by atoms with Crippen molar-refractivity contribution >= 4 is 52.5 Å². The maximum Gasteiger partial charge on any atom is 0.323 e. The number of amides is 5. The molecular formula is C35H32FN5O6. The summed E-state index contributed by atoms with van der Waals surface area (Å²) in [6, 6.07) is 24.0. The quantitative estimate of drug-likeness (QED) is 0.183. The summed E-state index contributed by atoms with van der Waals surface area (Å²) < 4.78 is 13.5. The molecule has 0 atom stereocenters. The van der Waals surface area contributed by atoms with Gasteiger partial charge in [0.05, 0.1) is 30.6 Å². The van der Waals surface area contributed by atoms with Gasteiger partial charge in [-0.15, -0.1) is 0 Å². The van der Waals surface area contributed by atoms with E-state index in [-0.39, 0.29) is 49.6 Å². The third kappa shape index (κ3) is 8.37. The van der Waals surface area contributed by atoms with Crippen LogP contribution in [0.4, 0.5) is 31.9 Å². The Bertz CT molecular complexity index is 1830. The van der Waals surface area contributed by atoms with Gasteiger partial charge < -0.3 is 30.9 Å². The molecule has 4 N–H and O–H groups in total. The number of hydrogen-bond donors (Lipinski definition) is 4. The van der Waals surface area contributed by atoms with Crippen LogP contribution in [-0.2, 0) is 27.3 Å². The number of aryl methyl sites for hydroxylation is 1. The number of carboxylic acids is 1. The number of carbonyl (C=O) groups excluding carboxylic acids is 4. The van der Waals surface area contributed by atoms with Crippen molar-refractivity contribution in [2.75, 3.05) is 33.9 Å². The van der Waals surface area contributed by atoms with Crippen molar-refractivity contribution in [3.63, 3.8) is 0 Å². The molecular weight excluding hydrogens is 605 g/mol. The summed E-state index contributed by atoms with van der Waals surface area (Å²) in [6.45, 7) is 1.42. The highest BCUT2D eigenvalue weighted by Gasteiger charge is 2.32. The van der Waals surface area contributed by atoms with Gasteiger partial charge in [0.1, 0.15) is 12.4 Å². The fourth-order valence-electron chi connectivity index (χ4n) is 5.10. The van der Waals surface area contributed by atoms with E-state index in [1.807, 2.05) is 25.1 Å². The number of hydrogen-bond acceptors (Lipinski definition) is 5. The maximum atomic E-state index is 13.6. The van der Waals surface area contributed by atoms with E-state index >= 15 is 0 Å². The van der Waals surface area contributed by atoms with E-state index in [9.17, 15) is 33.5 Å². The van der Waals surface area contributed by atoms with Crippen LogP contribution in [0.3, 0.4) is 0 Å². The number of fused-ring (bicyclic) bond motifs is 1. The molecule has 0 radical (unpaired) electrons. The highest BCUT2D eigenvalue weighted by molar-refractivity contribution is 6.10. The minimum Gasteiger partial charge on any atom is -0.481 e. The Hall–Kier alpha value is -6.04. The summed E-state index contributed by atoms with van der Waals surface area (Å²) in [4.78, 5) is 66.0. The van der Waals surface area contributed by atoms with Crippen LogP contribution in [-0.4, -0.2) is 52.8 Å². The fraction of sp³-hybridized carbons (Fsp3) is 0.171. The normalized spacial score (nSPS) is 12.6. The monoisotopic (exact) mass is 637 g/mol. The molecule has 0 spiro atoms. The number of benzene rings is 4. The second-order valence-corrected chi connectivity index (χ2v) is 11.0. The first-order valence-electron chi connectivity index (χ1n) is 14.8. The molecule has 1 heterocycles. The molecule has 4 aromatic carbocycles. The van der Waals surface area contributed by atoms with Crippen molar-refractivity contribution in [2.45, 2.75) is 26.3 Å². The summed E-state index contributed by atoms with van der Waals surface area (Å²) in [6.07, 6.45) is -0.352. The summed E-state index contributed by atoms with van der Waals surface area (Å²) >= 11 is 0. The molecule has 240 valence electrons. The minimum absolute atomic E-state index is 0.000627. The van der Waals surface area contributed by atoms with Crippen LogP contribution in [0.15, 0.2) is 91.0 Å². The topological polar surface area (TPSA) is 148 Å². The zero-order valence-corrected chi connectivity index (χ0v) is 25.5. The minimum atomic E-state index is -1.12. The largest absolute Gasteiger partial charge is 0.481 e. The summed E-state index contributed by atoms with van der Waals surface area (Å²) in [7, 11) is 0. The predicted octanol–water partition coefficient (Wildman–Crippen LogP) is 5.42. The number of carbonyl (C=O) groups is 5. The van der Waals surface area contributed by atoms with Crippen LogP contribution in [0, 0.1) is 12.7 Å². The van der Waals surface area contributed by atoms with Crippen molar-refractivity contribution in [1.29, 1.82) is 0 Å². The van der Waals surface area contributed by atoms with E-state index in [1.165, 1.54) is 40.1 Å². The first-order valence-corrected chi connectivity index (χ1v) is 14.8.